The summed E-state index contributed by atoms with van der Waals surface area (Å²) in [7, 11) is 4.04. The monoisotopic (exact) mass is 351 g/mol. The van der Waals surface area contributed by atoms with Gasteiger partial charge in [0.1, 0.15) is 11.5 Å². The molecule has 0 fully saturated rings. The third-order valence-corrected chi connectivity index (χ3v) is 5.94. The summed E-state index contributed by atoms with van der Waals surface area (Å²) in [6, 6.07) is 13.0. The number of ether oxygens (including phenoxy) is 2. The highest BCUT2D eigenvalue weighted by atomic mass is 16.5. The van der Waals surface area contributed by atoms with Gasteiger partial charge in [0.05, 0.1) is 13.7 Å². The normalized spacial score (nSPS) is 18.3. The molecule has 0 saturated carbocycles. The molecule has 138 valence electrons. The van der Waals surface area contributed by atoms with Gasteiger partial charge in [-0.25, -0.2) is 0 Å². The predicted octanol–water partition coefficient (Wildman–Crippen LogP) is 4.22. The number of hydrogen-bond acceptors (Lipinski definition) is 3. The van der Waals surface area contributed by atoms with Crippen LogP contribution in [0.1, 0.15) is 41.0 Å². The maximum Gasteiger partial charge on any atom is 0.122 e. The lowest BCUT2D eigenvalue weighted by Gasteiger charge is -2.30. The Hall–Kier alpha value is -2.00. The molecule has 1 atom stereocenters. The Bertz CT molecular complexity index is 771. The highest BCUT2D eigenvalue weighted by Crippen LogP contribution is 2.37. The summed E-state index contributed by atoms with van der Waals surface area (Å²) in [5, 5.41) is 0. The standard InChI is InChI=1S/C23H29NO2/c1-24(14-12-17-6-4-11-23-20(17)13-15-26-23)16-18-7-3-9-21-19(18)8-5-10-22(21)25-2/h4-6,8,10-11,18H,3,7,9,12-16H2,1-2H3/t18-/m0/s1. The average Bonchev–Trinajstić information content (AvgIpc) is 3.15. The lowest BCUT2D eigenvalue weighted by atomic mass is 9.82. The summed E-state index contributed by atoms with van der Waals surface area (Å²) < 4.78 is 11.3. The molecular weight excluding hydrogens is 322 g/mol. The molecule has 0 radical (unpaired) electrons. The zero-order valence-electron chi connectivity index (χ0n) is 16.0. The molecule has 0 amide bonds. The van der Waals surface area contributed by atoms with Gasteiger partial charge >= 0.3 is 0 Å². The summed E-state index contributed by atoms with van der Waals surface area (Å²) in [6.07, 6.45) is 5.84. The minimum atomic E-state index is 0.615. The SMILES string of the molecule is COc1cccc2c1CCC[C@H]2CN(C)CCc1cccc2c1CCO2. The Balaban J connectivity index is 1.41. The number of methoxy groups -OCH3 is 1. The van der Waals surface area contributed by atoms with Gasteiger partial charge in [-0.15, -0.1) is 0 Å². The quantitative estimate of drug-likeness (QED) is 0.778. The van der Waals surface area contributed by atoms with Crippen molar-refractivity contribution in [1.29, 1.82) is 0 Å². The molecule has 3 heteroatoms. The van der Waals surface area contributed by atoms with Crippen molar-refractivity contribution in [3.63, 3.8) is 0 Å². The Labute approximate surface area is 156 Å². The maximum atomic E-state index is 5.70. The lowest BCUT2D eigenvalue weighted by molar-refractivity contribution is 0.299. The highest BCUT2D eigenvalue weighted by Gasteiger charge is 2.24. The van der Waals surface area contributed by atoms with E-state index in [4.69, 9.17) is 9.47 Å². The lowest BCUT2D eigenvalue weighted by Crippen LogP contribution is -2.29. The molecule has 0 aromatic heterocycles. The topological polar surface area (TPSA) is 21.7 Å². The summed E-state index contributed by atoms with van der Waals surface area (Å²) in [4.78, 5) is 2.49. The Kier molecular flexibility index (Phi) is 5.16. The van der Waals surface area contributed by atoms with Gasteiger partial charge in [0.15, 0.2) is 0 Å². The average molecular weight is 351 g/mol. The van der Waals surface area contributed by atoms with E-state index in [1.165, 1.54) is 35.1 Å². The van der Waals surface area contributed by atoms with Gasteiger partial charge in [-0.3, -0.25) is 0 Å². The molecule has 1 heterocycles. The van der Waals surface area contributed by atoms with E-state index in [2.05, 4.69) is 48.3 Å². The largest absolute Gasteiger partial charge is 0.496 e. The fraction of sp³-hybridized carbons (Fsp3) is 0.478. The van der Waals surface area contributed by atoms with Crippen LogP contribution < -0.4 is 9.47 Å². The first-order valence-corrected chi connectivity index (χ1v) is 9.84. The number of rotatable bonds is 6. The van der Waals surface area contributed by atoms with E-state index in [0.29, 0.717) is 5.92 Å². The first-order chi connectivity index (χ1) is 12.8. The molecule has 0 spiro atoms. The van der Waals surface area contributed by atoms with E-state index in [9.17, 15) is 0 Å². The van der Waals surface area contributed by atoms with Crippen LogP contribution in [0.3, 0.4) is 0 Å². The third kappa shape index (κ3) is 3.45. The molecule has 0 unspecified atom stereocenters. The van der Waals surface area contributed by atoms with Crippen molar-refractivity contribution >= 4 is 0 Å². The minimum absolute atomic E-state index is 0.615. The summed E-state index contributed by atoms with van der Waals surface area (Å²) >= 11 is 0. The van der Waals surface area contributed by atoms with Crippen molar-refractivity contribution in [3.05, 3.63) is 58.7 Å². The van der Waals surface area contributed by atoms with E-state index in [1.54, 1.807) is 7.11 Å². The van der Waals surface area contributed by atoms with Crippen LogP contribution in [0, 0.1) is 0 Å². The second kappa shape index (κ2) is 7.71. The van der Waals surface area contributed by atoms with E-state index in [-0.39, 0.29) is 0 Å². The summed E-state index contributed by atoms with van der Waals surface area (Å²) in [5.41, 5.74) is 5.81. The Morgan fingerprint density at radius 3 is 2.88 bits per heavy atom. The van der Waals surface area contributed by atoms with Crippen molar-refractivity contribution in [2.75, 3.05) is 33.9 Å². The van der Waals surface area contributed by atoms with Gasteiger partial charge in [0, 0.05) is 25.1 Å². The zero-order chi connectivity index (χ0) is 17.9. The van der Waals surface area contributed by atoms with Gasteiger partial charge in [0.25, 0.3) is 0 Å². The molecule has 26 heavy (non-hydrogen) atoms. The molecule has 2 aromatic carbocycles. The molecule has 1 aliphatic heterocycles. The van der Waals surface area contributed by atoms with Crippen LogP contribution in [0.4, 0.5) is 0 Å². The summed E-state index contributed by atoms with van der Waals surface area (Å²) in [6.45, 7) is 3.04. The van der Waals surface area contributed by atoms with E-state index >= 15 is 0 Å². The fourth-order valence-corrected chi connectivity index (χ4v) is 4.60. The summed E-state index contributed by atoms with van der Waals surface area (Å²) in [5.74, 6) is 2.77. The van der Waals surface area contributed by atoms with Crippen molar-refractivity contribution < 1.29 is 9.47 Å². The van der Waals surface area contributed by atoms with Crippen molar-refractivity contribution in [1.82, 2.24) is 4.90 Å². The second-order valence-corrected chi connectivity index (χ2v) is 7.62. The van der Waals surface area contributed by atoms with Crippen molar-refractivity contribution in [3.8, 4) is 11.5 Å². The molecule has 0 bridgehead atoms. The first-order valence-electron chi connectivity index (χ1n) is 9.84. The fourth-order valence-electron chi connectivity index (χ4n) is 4.60. The Morgan fingerprint density at radius 1 is 1.12 bits per heavy atom. The molecular formula is C23H29NO2. The number of fused-ring (bicyclic) bond motifs is 2. The van der Waals surface area contributed by atoms with Crippen LogP contribution >= 0.6 is 0 Å². The van der Waals surface area contributed by atoms with Crippen LogP contribution in [0.2, 0.25) is 0 Å². The van der Waals surface area contributed by atoms with Crippen LogP contribution in [0.15, 0.2) is 36.4 Å². The van der Waals surface area contributed by atoms with E-state index in [0.717, 1.165) is 50.5 Å². The first kappa shape index (κ1) is 17.4. The highest BCUT2D eigenvalue weighted by molar-refractivity contribution is 5.44. The third-order valence-electron chi connectivity index (χ3n) is 5.94. The van der Waals surface area contributed by atoms with Gasteiger partial charge in [-0.2, -0.15) is 0 Å². The zero-order valence-corrected chi connectivity index (χ0v) is 16.0. The molecule has 1 aliphatic carbocycles. The molecule has 2 aromatic rings. The smallest absolute Gasteiger partial charge is 0.122 e. The van der Waals surface area contributed by atoms with Crippen molar-refractivity contribution in [2.24, 2.45) is 0 Å². The minimum Gasteiger partial charge on any atom is -0.496 e. The van der Waals surface area contributed by atoms with Crippen LogP contribution in [-0.4, -0.2) is 38.8 Å². The van der Waals surface area contributed by atoms with Gasteiger partial charge in [0.2, 0.25) is 0 Å². The molecule has 4 rings (SSSR count). The number of likely N-dealkylation sites (N-methyl/N-ethyl adjacent to an activating group) is 1. The van der Waals surface area contributed by atoms with E-state index in [1.807, 2.05) is 0 Å². The molecule has 0 saturated heterocycles. The maximum absolute atomic E-state index is 5.70. The molecule has 3 nitrogen and oxygen atoms in total. The number of nitrogens with zero attached hydrogens (tertiary/aromatic N) is 1. The van der Waals surface area contributed by atoms with Crippen LogP contribution in [-0.2, 0) is 19.3 Å². The van der Waals surface area contributed by atoms with Crippen molar-refractivity contribution in [2.45, 2.75) is 38.0 Å². The van der Waals surface area contributed by atoms with Gasteiger partial charge in [-0.05, 0) is 67.5 Å². The molecule has 2 aliphatic rings. The van der Waals surface area contributed by atoms with E-state index < -0.39 is 0 Å². The van der Waals surface area contributed by atoms with Crippen LogP contribution in [0.5, 0.6) is 11.5 Å². The number of benzene rings is 2. The second-order valence-electron chi connectivity index (χ2n) is 7.62. The number of hydrogen-bond donors (Lipinski definition) is 0. The van der Waals surface area contributed by atoms with Crippen LogP contribution in [0.25, 0.3) is 0 Å². The predicted molar refractivity (Wildman–Crippen MR) is 106 cm³/mol. The molecule has 0 N–H and O–H groups in total. The van der Waals surface area contributed by atoms with Gasteiger partial charge in [-0.1, -0.05) is 24.3 Å². The van der Waals surface area contributed by atoms with Gasteiger partial charge < -0.3 is 14.4 Å². The Morgan fingerprint density at radius 2 is 2.00 bits per heavy atom.